The van der Waals surface area contributed by atoms with E-state index in [1.165, 1.54) is 12.1 Å². The van der Waals surface area contributed by atoms with Gasteiger partial charge in [0.15, 0.2) is 0 Å². The maximum Gasteiger partial charge on any atom is 0.131 e. The Morgan fingerprint density at radius 2 is 2.14 bits per heavy atom. The molecule has 0 unspecified atom stereocenters. The quantitative estimate of drug-likeness (QED) is 0.682. The molecule has 0 saturated carbocycles. The first kappa shape index (κ1) is 10.9. The molecule has 0 fully saturated rings. The molecule has 0 radical (unpaired) electrons. The second-order valence-electron chi connectivity index (χ2n) is 3.24. The van der Waals surface area contributed by atoms with E-state index in [-0.39, 0.29) is 11.8 Å². The third-order valence-corrected chi connectivity index (χ3v) is 2.10. The summed E-state index contributed by atoms with van der Waals surface area (Å²) in [6.07, 6.45) is 1.42. The Kier molecular flexibility index (Phi) is 3.85. The lowest BCUT2D eigenvalue weighted by molar-refractivity contribution is 0.465. The third kappa shape index (κ3) is 2.68. The van der Waals surface area contributed by atoms with E-state index in [1.807, 2.05) is 0 Å². The van der Waals surface area contributed by atoms with Gasteiger partial charge in [-0.2, -0.15) is 0 Å². The lowest BCUT2D eigenvalue weighted by Crippen LogP contribution is -2.13. The first-order chi connectivity index (χ1) is 6.65. The van der Waals surface area contributed by atoms with Gasteiger partial charge in [-0.05, 0) is 25.5 Å². The minimum absolute atomic E-state index is 0.0859. The second kappa shape index (κ2) is 4.93. The van der Waals surface area contributed by atoms with Gasteiger partial charge >= 0.3 is 0 Å². The Morgan fingerprint density at radius 3 is 2.71 bits per heavy atom. The van der Waals surface area contributed by atoms with E-state index >= 15 is 0 Å². The molecule has 0 amide bonds. The zero-order chi connectivity index (χ0) is 10.6. The van der Waals surface area contributed by atoms with Crippen molar-refractivity contribution in [2.45, 2.75) is 18.9 Å². The summed E-state index contributed by atoms with van der Waals surface area (Å²) in [4.78, 5) is 0. The van der Waals surface area contributed by atoms with Crippen molar-refractivity contribution < 1.29 is 9.50 Å². The lowest BCUT2D eigenvalue weighted by Gasteiger charge is -2.12. The first-order valence-electron chi connectivity index (χ1n) is 4.59. The fourth-order valence-electron chi connectivity index (χ4n) is 1.31. The standard InChI is InChI=1S/C10H15FN2O/c11-9-6-7(14)3-4-8(9)10(13)2-1-5-12/h3-4,6,10,14H,1-2,5,12-13H2/t10-/m1/s1. The van der Waals surface area contributed by atoms with Crippen LogP contribution in [0.4, 0.5) is 4.39 Å². The van der Waals surface area contributed by atoms with Gasteiger partial charge in [-0.25, -0.2) is 4.39 Å². The summed E-state index contributed by atoms with van der Waals surface area (Å²) in [5.74, 6) is -0.549. The monoisotopic (exact) mass is 198 g/mol. The van der Waals surface area contributed by atoms with E-state index in [0.29, 0.717) is 18.5 Å². The van der Waals surface area contributed by atoms with Crippen molar-refractivity contribution in [3.8, 4) is 5.75 Å². The molecule has 1 aromatic carbocycles. The zero-order valence-electron chi connectivity index (χ0n) is 7.91. The molecule has 5 N–H and O–H groups in total. The number of halogens is 1. The third-order valence-electron chi connectivity index (χ3n) is 2.10. The Balaban J connectivity index is 2.74. The van der Waals surface area contributed by atoms with E-state index in [4.69, 9.17) is 16.6 Å². The highest BCUT2D eigenvalue weighted by Gasteiger charge is 2.10. The van der Waals surface area contributed by atoms with Crippen LogP contribution in [0.1, 0.15) is 24.4 Å². The number of hydrogen-bond acceptors (Lipinski definition) is 3. The van der Waals surface area contributed by atoms with Crippen molar-refractivity contribution in [1.29, 1.82) is 0 Å². The molecule has 0 bridgehead atoms. The summed E-state index contributed by atoms with van der Waals surface area (Å²) >= 11 is 0. The van der Waals surface area contributed by atoms with Crippen LogP contribution in [0.5, 0.6) is 5.75 Å². The van der Waals surface area contributed by atoms with E-state index in [9.17, 15) is 4.39 Å². The Bertz CT molecular complexity index is 304. The molecule has 0 aliphatic heterocycles. The van der Waals surface area contributed by atoms with Crippen molar-refractivity contribution in [2.75, 3.05) is 6.54 Å². The molecule has 0 saturated heterocycles. The van der Waals surface area contributed by atoms with E-state index < -0.39 is 5.82 Å². The van der Waals surface area contributed by atoms with Crippen LogP contribution in [0.3, 0.4) is 0 Å². The minimum Gasteiger partial charge on any atom is -0.508 e. The summed E-state index contributed by atoms with van der Waals surface area (Å²) in [7, 11) is 0. The zero-order valence-corrected chi connectivity index (χ0v) is 7.91. The van der Waals surface area contributed by atoms with Gasteiger partial charge in [-0.15, -0.1) is 0 Å². The summed E-state index contributed by atoms with van der Waals surface area (Å²) in [6.45, 7) is 0.549. The summed E-state index contributed by atoms with van der Waals surface area (Å²) in [5, 5.41) is 8.99. The predicted octanol–water partition coefficient (Wildman–Crippen LogP) is 1.27. The molecule has 1 rings (SSSR count). The molecular weight excluding hydrogens is 183 g/mol. The average molecular weight is 198 g/mol. The molecule has 14 heavy (non-hydrogen) atoms. The van der Waals surface area contributed by atoms with Crippen LogP contribution >= 0.6 is 0 Å². The molecule has 4 heteroatoms. The fourth-order valence-corrected chi connectivity index (χ4v) is 1.31. The topological polar surface area (TPSA) is 72.3 Å². The highest BCUT2D eigenvalue weighted by atomic mass is 19.1. The van der Waals surface area contributed by atoms with Gasteiger partial charge in [-0.3, -0.25) is 0 Å². The summed E-state index contributed by atoms with van der Waals surface area (Å²) in [6, 6.07) is 3.66. The van der Waals surface area contributed by atoms with Gasteiger partial charge in [0.25, 0.3) is 0 Å². The van der Waals surface area contributed by atoms with Gasteiger partial charge in [0.05, 0.1) is 0 Å². The highest BCUT2D eigenvalue weighted by molar-refractivity contribution is 5.29. The predicted molar refractivity (Wildman–Crippen MR) is 53.3 cm³/mol. The number of phenols is 1. The second-order valence-corrected chi connectivity index (χ2v) is 3.24. The largest absolute Gasteiger partial charge is 0.508 e. The number of rotatable bonds is 4. The maximum absolute atomic E-state index is 13.3. The van der Waals surface area contributed by atoms with Crippen molar-refractivity contribution in [2.24, 2.45) is 11.5 Å². The Hall–Kier alpha value is -1.13. The van der Waals surface area contributed by atoms with Crippen LogP contribution in [0.15, 0.2) is 18.2 Å². The fraction of sp³-hybridized carbons (Fsp3) is 0.400. The number of aromatic hydroxyl groups is 1. The van der Waals surface area contributed by atoms with Gasteiger partial charge in [-0.1, -0.05) is 6.07 Å². The van der Waals surface area contributed by atoms with Gasteiger partial charge in [0, 0.05) is 17.7 Å². The molecule has 0 aliphatic carbocycles. The molecule has 0 aromatic heterocycles. The van der Waals surface area contributed by atoms with Crippen LogP contribution in [0.2, 0.25) is 0 Å². The van der Waals surface area contributed by atoms with E-state index in [0.717, 1.165) is 12.5 Å². The van der Waals surface area contributed by atoms with Crippen LogP contribution in [0.25, 0.3) is 0 Å². The Morgan fingerprint density at radius 1 is 1.43 bits per heavy atom. The SMILES string of the molecule is NCCC[C@@H](N)c1ccc(O)cc1F. The van der Waals surface area contributed by atoms with E-state index in [2.05, 4.69) is 0 Å². The van der Waals surface area contributed by atoms with Crippen molar-refractivity contribution in [3.63, 3.8) is 0 Å². The smallest absolute Gasteiger partial charge is 0.131 e. The average Bonchev–Trinajstić information content (AvgIpc) is 2.14. The molecular formula is C10H15FN2O. The molecule has 1 atom stereocenters. The molecule has 0 spiro atoms. The van der Waals surface area contributed by atoms with Crippen molar-refractivity contribution >= 4 is 0 Å². The van der Waals surface area contributed by atoms with Crippen molar-refractivity contribution in [3.05, 3.63) is 29.6 Å². The van der Waals surface area contributed by atoms with Gasteiger partial charge in [0.2, 0.25) is 0 Å². The number of nitrogens with two attached hydrogens (primary N) is 2. The lowest BCUT2D eigenvalue weighted by atomic mass is 10.0. The number of benzene rings is 1. The molecule has 0 aliphatic rings. The summed E-state index contributed by atoms with van der Waals surface area (Å²) < 4.78 is 13.3. The van der Waals surface area contributed by atoms with Gasteiger partial charge < -0.3 is 16.6 Å². The van der Waals surface area contributed by atoms with Gasteiger partial charge in [0.1, 0.15) is 11.6 Å². The molecule has 0 heterocycles. The van der Waals surface area contributed by atoms with Crippen LogP contribution in [-0.2, 0) is 0 Å². The van der Waals surface area contributed by atoms with Crippen LogP contribution < -0.4 is 11.5 Å². The van der Waals surface area contributed by atoms with Crippen molar-refractivity contribution in [1.82, 2.24) is 0 Å². The Labute approximate surface area is 82.5 Å². The summed E-state index contributed by atoms with van der Waals surface area (Å²) in [5.41, 5.74) is 11.5. The molecule has 78 valence electrons. The normalized spacial score (nSPS) is 12.8. The first-order valence-corrected chi connectivity index (χ1v) is 4.59. The number of hydrogen-bond donors (Lipinski definition) is 3. The number of phenolic OH excluding ortho intramolecular Hbond substituents is 1. The van der Waals surface area contributed by atoms with Crippen LogP contribution in [-0.4, -0.2) is 11.7 Å². The highest BCUT2D eigenvalue weighted by Crippen LogP contribution is 2.22. The molecule has 3 nitrogen and oxygen atoms in total. The maximum atomic E-state index is 13.3. The molecule has 1 aromatic rings. The minimum atomic E-state index is -0.463. The van der Waals surface area contributed by atoms with E-state index in [1.54, 1.807) is 0 Å². The van der Waals surface area contributed by atoms with Crippen LogP contribution in [0, 0.1) is 5.82 Å².